The zero-order valence-corrected chi connectivity index (χ0v) is 15.1. The third-order valence-electron chi connectivity index (χ3n) is 4.84. The smallest absolute Gasteiger partial charge is 0.237 e. The van der Waals surface area contributed by atoms with Crippen LogP contribution in [-0.2, 0) is 11.3 Å². The first-order chi connectivity index (χ1) is 13.3. The van der Waals surface area contributed by atoms with Gasteiger partial charge >= 0.3 is 0 Å². The number of nitrogens with zero attached hydrogens (tertiary/aromatic N) is 3. The van der Waals surface area contributed by atoms with E-state index < -0.39 is 0 Å². The van der Waals surface area contributed by atoms with Crippen LogP contribution >= 0.6 is 0 Å². The molecule has 27 heavy (non-hydrogen) atoms. The van der Waals surface area contributed by atoms with Gasteiger partial charge in [-0.05, 0) is 43.7 Å². The fraction of sp³-hybridized carbons (Fsp3) is 0.286. The number of aromatic nitrogens is 3. The predicted molar refractivity (Wildman–Crippen MR) is 104 cm³/mol. The minimum Gasteiger partial charge on any atom is -0.351 e. The molecule has 1 atom stereocenters. The summed E-state index contributed by atoms with van der Waals surface area (Å²) in [5.74, 6) is 0.0582. The predicted octanol–water partition coefficient (Wildman–Crippen LogP) is 2.69. The molecule has 3 aromatic rings. The van der Waals surface area contributed by atoms with Crippen LogP contribution in [0.15, 0.2) is 61.1 Å². The molecule has 3 heterocycles. The topological polar surface area (TPSA) is 71.8 Å². The van der Waals surface area contributed by atoms with Crippen molar-refractivity contribution in [2.45, 2.75) is 31.8 Å². The minimum absolute atomic E-state index is 0.0582. The van der Waals surface area contributed by atoms with E-state index in [1.165, 1.54) is 0 Å². The van der Waals surface area contributed by atoms with Crippen molar-refractivity contribution in [1.82, 2.24) is 25.4 Å². The molecule has 1 unspecified atom stereocenters. The van der Waals surface area contributed by atoms with Gasteiger partial charge in [0.25, 0.3) is 0 Å². The maximum atomic E-state index is 12.5. The highest BCUT2D eigenvalue weighted by Crippen LogP contribution is 2.23. The summed E-state index contributed by atoms with van der Waals surface area (Å²) in [6.45, 7) is 1.35. The van der Waals surface area contributed by atoms with Crippen LogP contribution in [-0.4, -0.2) is 33.3 Å². The Labute approximate surface area is 158 Å². The van der Waals surface area contributed by atoms with Crippen molar-refractivity contribution >= 4 is 5.91 Å². The summed E-state index contributed by atoms with van der Waals surface area (Å²) in [5, 5.41) is 11.1. The molecule has 2 aromatic heterocycles. The number of piperidine rings is 1. The van der Waals surface area contributed by atoms with Crippen molar-refractivity contribution < 1.29 is 4.79 Å². The third kappa shape index (κ3) is 4.06. The van der Waals surface area contributed by atoms with Crippen LogP contribution in [0, 0.1) is 0 Å². The van der Waals surface area contributed by atoms with E-state index in [0.29, 0.717) is 6.54 Å². The number of carbonyl (C=O) groups is 1. The maximum absolute atomic E-state index is 12.5. The molecule has 0 aliphatic carbocycles. The average Bonchev–Trinajstić information content (AvgIpc) is 3.18. The van der Waals surface area contributed by atoms with E-state index in [1.54, 1.807) is 12.4 Å². The van der Waals surface area contributed by atoms with E-state index in [2.05, 4.69) is 15.6 Å². The van der Waals surface area contributed by atoms with Gasteiger partial charge in [-0.2, -0.15) is 5.10 Å². The molecule has 1 fully saturated rings. The fourth-order valence-electron chi connectivity index (χ4n) is 3.39. The molecular formula is C21H23N5O. The number of rotatable bonds is 5. The van der Waals surface area contributed by atoms with Crippen LogP contribution in [0.25, 0.3) is 16.9 Å². The highest BCUT2D eigenvalue weighted by molar-refractivity contribution is 5.82. The molecule has 1 amide bonds. The molecule has 0 bridgehead atoms. The summed E-state index contributed by atoms with van der Waals surface area (Å²) in [6, 6.07) is 13.8. The molecule has 1 saturated heterocycles. The van der Waals surface area contributed by atoms with E-state index in [-0.39, 0.29) is 11.9 Å². The first-order valence-electron chi connectivity index (χ1n) is 9.37. The van der Waals surface area contributed by atoms with Crippen LogP contribution in [0.1, 0.15) is 24.8 Å². The van der Waals surface area contributed by atoms with E-state index in [1.807, 2.05) is 53.3 Å². The Morgan fingerprint density at radius 1 is 1.15 bits per heavy atom. The zero-order chi connectivity index (χ0) is 18.5. The molecule has 1 aliphatic rings. The lowest BCUT2D eigenvalue weighted by Gasteiger charge is -2.22. The highest BCUT2D eigenvalue weighted by Gasteiger charge is 2.21. The van der Waals surface area contributed by atoms with Crippen LogP contribution in [0.2, 0.25) is 0 Å². The van der Waals surface area contributed by atoms with Gasteiger partial charge in [0, 0.05) is 36.3 Å². The normalized spacial score (nSPS) is 16.8. The van der Waals surface area contributed by atoms with Crippen molar-refractivity contribution in [3.05, 3.63) is 66.6 Å². The van der Waals surface area contributed by atoms with Crippen LogP contribution in [0.5, 0.6) is 0 Å². The summed E-state index contributed by atoms with van der Waals surface area (Å²) in [7, 11) is 0. The number of hydrogen-bond acceptors (Lipinski definition) is 4. The molecule has 0 spiro atoms. The number of para-hydroxylation sites is 1. The maximum Gasteiger partial charge on any atom is 0.237 e. The van der Waals surface area contributed by atoms with E-state index >= 15 is 0 Å². The van der Waals surface area contributed by atoms with Gasteiger partial charge in [-0.25, -0.2) is 4.68 Å². The molecule has 138 valence electrons. The third-order valence-corrected chi connectivity index (χ3v) is 4.84. The molecular weight excluding hydrogens is 338 g/mol. The van der Waals surface area contributed by atoms with Crippen LogP contribution in [0.3, 0.4) is 0 Å². The second-order valence-electron chi connectivity index (χ2n) is 6.74. The van der Waals surface area contributed by atoms with Gasteiger partial charge in [-0.1, -0.05) is 24.6 Å². The number of amides is 1. The summed E-state index contributed by atoms with van der Waals surface area (Å²) in [6.07, 6.45) is 8.63. The molecule has 6 heteroatoms. The van der Waals surface area contributed by atoms with Gasteiger partial charge in [-0.3, -0.25) is 9.78 Å². The second kappa shape index (κ2) is 8.14. The summed E-state index contributed by atoms with van der Waals surface area (Å²) in [4.78, 5) is 16.6. The average molecular weight is 361 g/mol. The lowest BCUT2D eigenvalue weighted by Crippen LogP contribution is -2.46. The van der Waals surface area contributed by atoms with Gasteiger partial charge in [0.1, 0.15) is 0 Å². The Morgan fingerprint density at radius 3 is 2.70 bits per heavy atom. The summed E-state index contributed by atoms with van der Waals surface area (Å²) >= 11 is 0. The van der Waals surface area contributed by atoms with E-state index in [4.69, 9.17) is 5.10 Å². The number of nitrogens with one attached hydrogen (secondary N) is 2. The lowest BCUT2D eigenvalue weighted by molar-refractivity contribution is -0.123. The van der Waals surface area contributed by atoms with Crippen molar-refractivity contribution in [3.8, 4) is 16.9 Å². The monoisotopic (exact) mass is 361 g/mol. The number of pyridine rings is 1. The number of carbonyl (C=O) groups excluding carboxylic acids is 1. The van der Waals surface area contributed by atoms with E-state index in [0.717, 1.165) is 48.3 Å². The number of benzene rings is 1. The van der Waals surface area contributed by atoms with Crippen LogP contribution in [0.4, 0.5) is 0 Å². The Morgan fingerprint density at radius 2 is 1.96 bits per heavy atom. The Bertz CT molecular complexity index is 885. The van der Waals surface area contributed by atoms with Crippen molar-refractivity contribution in [3.63, 3.8) is 0 Å². The van der Waals surface area contributed by atoms with Crippen molar-refractivity contribution in [2.24, 2.45) is 0 Å². The van der Waals surface area contributed by atoms with Crippen molar-refractivity contribution in [1.29, 1.82) is 0 Å². The molecule has 4 rings (SSSR count). The Kier molecular flexibility index (Phi) is 5.25. The van der Waals surface area contributed by atoms with E-state index in [9.17, 15) is 4.79 Å². The first-order valence-corrected chi connectivity index (χ1v) is 9.37. The minimum atomic E-state index is -0.0905. The molecule has 1 aliphatic heterocycles. The second-order valence-corrected chi connectivity index (χ2v) is 6.74. The van der Waals surface area contributed by atoms with Gasteiger partial charge in [-0.15, -0.1) is 0 Å². The molecule has 2 N–H and O–H groups in total. The SMILES string of the molecule is O=C(NCc1cn(-c2ccccc2)nc1-c1ccncc1)C1CCCCN1. The quantitative estimate of drug-likeness (QED) is 0.733. The lowest BCUT2D eigenvalue weighted by atomic mass is 10.0. The van der Waals surface area contributed by atoms with Crippen LogP contribution < -0.4 is 10.6 Å². The summed E-state index contributed by atoms with van der Waals surface area (Å²) in [5.41, 5.74) is 3.81. The van der Waals surface area contributed by atoms with Gasteiger partial charge in [0.15, 0.2) is 0 Å². The molecule has 1 aromatic carbocycles. The molecule has 6 nitrogen and oxygen atoms in total. The molecule has 0 saturated carbocycles. The fourth-order valence-corrected chi connectivity index (χ4v) is 3.39. The van der Waals surface area contributed by atoms with Gasteiger partial charge in [0.05, 0.1) is 17.4 Å². The first kappa shape index (κ1) is 17.4. The molecule has 0 radical (unpaired) electrons. The van der Waals surface area contributed by atoms with Crippen molar-refractivity contribution in [2.75, 3.05) is 6.54 Å². The summed E-state index contributed by atoms with van der Waals surface area (Å²) < 4.78 is 1.86. The standard InChI is InChI=1S/C21H23N5O/c27-21(19-8-4-5-11-23-19)24-14-17-15-26(18-6-2-1-3-7-18)25-20(17)16-9-12-22-13-10-16/h1-3,6-7,9-10,12-13,15,19,23H,4-5,8,11,14H2,(H,24,27). The Hall–Kier alpha value is -2.99. The van der Waals surface area contributed by atoms with Gasteiger partial charge in [0.2, 0.25) is 5.91 Å². The zero-order valence-electron chi connectivity index (χ0n) is 15.1. The largest absolute Gasteiger partial charge is 0.351 e. The highest BCUT2D eigenvalue weighted by atomic mass is 16.2. The Balaban J connectivity index is 1.58. The van der Waals surface area contributed by atoms with Gasteiger partial charge < -0.3 is 10.6 Å². The number of hydrogen-bond donors (Lipinski definition) is 2.